The van der Waals surface area contributed by atoms with Crippen molar-refractivity contribution in [3.63, 3.8) is 0 Å². The van der Waals surface area contributed by atoms with Crippen LogP contribution in [-0.2, 0) is 13.1 Å². The Morgan fingerprint density at radius 2 is 2.35 bits per heavy atom. The van der Waals surface area contributed by atoms with Crippen molar-refractivity contribution in [3.05, 3.63) is 52.6 Å². The lowest BCUT2D eigenvalue weighted by atomic mass is 10.2. The molecule has 0 bridgehead atoms. The molecule has 7 nitrogen and oxygen atoms in total. The van der Waals surface area contributed by atoms with Crippen LogP contribution in [0.1, 0.15) is 5.56 Å². The highest BCUT2D eigenvalue weighted by Gasteiger charge is 2.11. The van der Waals surface area contributed by atoms with Crippen molar-refractivity contribution in [2.24, 2.45) is 0 Å². The molecule has 7 heteroatoms. The largest absolute Gasteiger partial charge is 0.491 e. The van der Waals surface area contributed by atoms with Crippen LogP contribution in [0.2, 0.25) is 0 Å². The van der Waals surface area contributed by atoms with Crippen LogP contribution < -0.4 is 10.1 Å². The van der Waals surface area contributed by atoms with E-state index in [-0.39, 0.29) is 5.69 Å². The summed E-state index contributed by atoms with van der Waals surface area (Å²) in [7, 11) is 1.79. The first-order valence-corrected chi connectivity index (χ1v) is 6.21. The number of nitrogens with one attached hydrogen (secondary N) is 1. The van der Waals surface area contributed by atoms with Gasteiger partial charge in [-0.1, -0.05) is 0 Å². The first-order valence-electron chi connectivity index (χ1n) is 6.21. The van der Waals surface area contributed by atoms with Gasteiger partial charge in [0.15, 0.2) is 0 Å². The summed E-state index contributed by atoms with van der Waals surface area (Å²) in [4.78, 5) is 14.3. The van der Waals surface area contributed by atoms with E-state index in [2.05, 4.69) is 10.3 Å². The number of aromatic nitrogens is 2. The van der Waals surface area contributed by atoms with Crippen LogP contribution in [0.15, 0.2) is 36.9 Å². The Hall–Kier alpha value is -2.41. The predicted molar refractivity (Wildman–Crippen MR) is 73.6 cm³/mol. The number of hydrogen-bond acceptors (Lipinski definition) is 5. The van der Waals surface area contributed by atoms with E-state index in [1.165, 1.54) is 12.1 Å². The van der Waals surface area contributed by atoms with Crippen LogP contribution >= 0.6 is 0 Å². The number of nitro benzene ring substituents is 1. The monoisotopic (exact) mass is 276 g/mol. The molecule has 1 aromatic heterocycles. The van der Waals surface area contributed by atoms with Crippen LogP contribution in [0.4, 0.5) is 5.69 Å². The number of benzene rings is 1. The van der Waals surface area contributed by atoms with Crippen LogP contribution in [0.5, 0.6) is 5.75 Å². The van der Waals surface area contributed by atoms with Gasteiger partial charge in [0, 0.05) is 36.6 Å². The molecule has 2 aromatic rings. The molecule has 1 aromatic carbocycles. The van der Waals surface area contributed by atoms with Gasteiger partial charge in [-0.15, -0.1) is 0 Å². The molecule has 0 atom stereocenters. The summed E-state index contributed by atoms with van der Waals surface area (Å²) in [5, 5.41) is 13.7. The minimum Gasteiger partial charge on any atom is -0.491 e. The average molecular weight is 276 g/mol. The molecule has 1 heterocycles. The Kier molecular flexibility index (Phi) is 4.67. The first-order chi connectivity index (χ1) is 9.70. The van der Waals surface area contributed by atoms with Crippen molar-refractivity contribution >= 4 is 5.69 Å². The predicted octanol–water partition coefficient (Wildman–Crippen LogP) is 1.59. The molecular formula is C13H16N4O3. The van der Waals surface area contributed by atoms with Gasteiger partial charge in [0.1, 0.15) is 12.4 Å². The zero-order chi connectivity index (χ0) is 14.4. The maximum atomic E-state index is 10.8. The standard InChI is InChI=1S/C13H16N4O3/c1-14-9-11-8-12(17(18)19)2-3-13(11)20-7-6-16-5-4-15-10-16/h2-5,8,10,14H,6-7,9H2,1H3. The Bertz CT molecular complexity index is 569. The second kappa shape index (κ2) is 6.67. The van der Waals surface area contributed by atoms with Crippen LogP contribution in [0.25, 0.3) is 0 Å². The fourth-order valence-corrected chi connectivity index (χ4v) is 1.83. The fraction of sp³-hybridized carbons (Fsp3) is 0.308. The van der Waals surface area contributed by atoms with E-state index in [1.807, 2.05) is 10.8 Å². The SMILES string of the molecule is CNCc1cc([N+](=O)[O-])ccc1OCCn1ccnc1. The molecule has 0 radical (unpaired) electrons. The van der Waals surface area contributed by atoms with E-state index in [9.17, 15) is 10.1 Å². The summed E-state index contributed by atoms with van der Waals surface area (Å²) >= 11 is 0. The highest BCUT2D eigenvalue weighted by Crippen LogP contribution is 2.24. The van der Waals surface area contributed by atoms with Crippen molar-refractivity contribution in [3.8, 4) is 5.75 Å². The highest BCUT2D eigenvalue weighted by atomic mass is 16.6. The Labute approximate surface area is 116 Å². The molecule has 0 saturated carbocycles. The molecule has 0 fully saturated rings. The topological polar surface area (TPSA) is 82.2 Å². The quantitative estimate of drug-likeness (QED) is 0.613. The molecule has 0 amide bonds. The zero-order valence-electron chi connectivity index (χ0n) is 11.2. The number of imidazole rings is 1. The van der Waals surface area contributed by atoms with E-state index < -0.39 is 4.92 Å². The number of ether oxygens (including phenoxy) is 1. The summed E-state index contributed by atoms with van der Waals surface area (Å²) < 4.78 is 7.59. The van der Waals surface area contributed by atoms with Crippen molar-refractivity contribution < 1.29 is 9.66 Å². The van der Waals surface area contributed by atoms with E-state index in [0.29, 0.717) is 25.4 Å². The van der Waals surface area contributed by atoms with Crippen molar-refractivity contribution in [2.75, 3.05) is 13.7 Å². The second-order valence-corrected chi connectivity index (χ2v) is 4.23. The molecule has 0 spiro atoms. The van der Waals surface area contributed by atoms with E-state index in [4.69, 9.17) is 4.74 Å². The molecule has 20 heavy (non-hydrogen) atoms. The molecule has 106 valence electrons. The first kappa shape index (κ1) is 14.0. The third-order valence-corrected chi connectivity index (χ3v) is 2.79. The van der Waals surface area contributed by atoms with Gasteiger partial charge in [0.2, 0.25) is 0 Å². The van der Waals surface area contributed by atoms with E-state index in [0.717, 1.165) is 5.56 Å². The molecular weight excluding hydrogens is 260 g/mol. The lowest BCUT2D eigenvalue weighted by Crippen LogP contribution is -2.11. The van der Waals surface area contributed by atoms with E-state index in [1.54, 1.807) is 25.6 Å². The summed E-state index contributed by atoms with van der Waals surface area (Å²) in [6.45, 7) is 1.67. The van der Waals surface area contributed by atoms with Crippen LogP contribution in [0, 0.1) is 10.1 Å². The van der Waals surface area contributed by atoms with Gasteiger partial charge in [0.25, 0.3) is 5.69 Å². The van der Waals surface area contributed by atoms with Gasteiger partial charge in [-0.25, -0.2) is 4.98 Å². The van der Waals surface area contributed by atoms with Crippen LogP contribution in [-0.4, -0.2) is 28.1 Å². The van der Waals surface area contributed by atoms with Crippen molar-refractivity contribution in [2.45, 2.75) is 13.1 Å². The average Bonchev–Trinajstić information content (AvgIpc) is 2.93. The second-order valence-electron chi connectivity index (χ2n) is 4.23. The molecule has 0 aliphatic heterocycles. The Morgan fingerprint density at radius 3 is 3.00 bits per heavy atom. The zero-order valence-corrected chi connectivity index (χ0v) is 11.2. The fourth-order valence-electron chi connectivity index (χ4n) is 1.83. The number of hydrogen-bond donors (Lipinski definition) is 1. The van der Waals surface area contributed by atoms with Gasteiger partial charge in [-0.05, 0) is 13.1 Å². The third kappa shape index (κ3) is 3.55. The van der Waals surface area contributed by atoms with Crippen molar-refractivity contribution in [1.29, 1.82) is 0 Å². The summed E-state index contributed by atoms with van der Waals surface area (Å²) in [6, 6.07) is 4.62. The number of nitrogens with zero attached hydrogens (tertiary/aromatic N) is 3. The van der Waals surface area contributed by atoms with Crippen molar-refractivity contribution in [1.82, 2.24) is 14.9 Å². The normalized spacial score (nSPS) is 10.4. The molecule has 0 aliphatic carbocycles. The number of rotatable bonds is 7. The summed E-state index contributed by atoms with van der Waals surface area (Å²) in [6.07, 6.45) is 5.28. The van der Waals surface area contributed by atoms with Crippen LogP contribution in [0.3, 0.4) is 0 Å². The Morgan fingerprint density at radius 1 is 1.50 bits per heavy atom. The summed E-state index contributed by atoms with van der Waals surface area (Å²) in [5.74, 6) is 0.657. The number of non-ortho nitro benzene ring substituents is 1. The summed E-state index contributed by atoms with van der Waals surface area (Å²) in [5.41, 5.74) is 0.838. The maximum Gasteiger partial charge on any atom is 0.270 e. The number of nitro groups is 1. The van der Waals surface area contributed by atoms with Gasteiger partial charge >= 0.3 is 0 Å². The van der Waals surface area contributed by atoms with Gasteiger partial charge in [-0.2, -0.15) is 0 Å². The van der Waals surface area contributed by atoms with Gasteiger partial charge in [0.05, 0.1) is 17.8 Å². The highest BCUT2D eigenvalue weighted by molar-refractivity contribution is 5.43. The molecule has 2 rings (SSSR count). The Balaban J connectivity index is 2.03. The molecule has 1 N–H and O–H groups in total. The molecule has 0 unspecified atom stereocenters. The molecule has 0 saturated heterocycles. The molecule has 0 aliphatic rings. The lowest BCUT2D eigenvalue weighted by molar-refractivity contribution is -0.384. The minimum absolute atomic E-state index is 0.0669. The maximum absolute atomic E-state index is 10.8. The van der Waals surface area contributed by atoms with Gasteiger partial charge < -0.3 is 14.6 Å². The third-order valence-electron chi connectivity index (χ3n) is 2.79. The van der Waals surface area contributed by atoms with E-state index >= 15 is 0 Å². The van der Waals surface area contributed by atoms with Gasteiger partial charge in [-0.3, -0.25) is 10.1 Å². The lowest BCUT2D eigenvalue weighted by Gasteiger charge is -2.11. The smallest absolute Gasteiger partial charge is 0.270 e. The minimum atomic E-state index is -0.408.